The van der Waals surface area contributed by atoms with Gasteiger partial charge < -0.3 is 15.3 Å². The third-order valence-corrected chi connectivity index (χ3v) is 8.94. The van der Waals surface area contributed by atoms with E-state index in [2.05, 4.69) is 15.6 Å². The van der Waals surface area contributed by atoms with Gasteiger partial charge in [-0.05, 0) is 77.2 Å². The first-order valence-electron chi connectivity index (χ1n) is 14.0. The first kappa shape index (κ1) is 31.5. The second-order valence-electron chi connectivity index (χ2n) is 10.6. The van der Waals surface area contributed by atoms with Gasteiger partial charge in [-0.3, -0.25) is 9.59 Å². The number of rotatable bonds is 7. The maximum atomic E-state index is 14.7. The van der Waals surface area contributed by atoms with Crippen molar-refractivity contribution in [1.29, 1.82) is 0 Å². The number of fused-ring (bicyclic) bond motifs is 1. The second kappa shape index (κ2) is 12.4. The normalized spacial score (nSPS) is 14.4. The molecule has 4 N–H and O–H groups in total. The van der Waals surface area contributed by atoms with Crippen molar-refractivity contribution in [1.82, 2.24) is 19.9 Å². The molecule has 47 heavy (non-hydrogen) atoms. The van der Waals surface area contributed by atoms with Crippen molar-refractivity contribution in [2.24, 2.45) is 5.14 Å². The van der Waals surface area contributed by atoms with Crippen LogP contribution in [0, 0.1) is 5.82 Å². The summed E-state index contributed by atoms with van der Waals surface area (Å²) < 4.78 is 39.4. The number of hydrogen-bond acceptors (Lipinski definition) is 7. The number of carboxylic acid groups (broad SMARTS) is 1. The van der Waals surface area contributed by atoms with Crippen molar-refractivity contribution in [2.45, 2.75) is 17.4 Å². The molecule has 6 rings (SSSR count). The van der Waals surface area contributed by atoms with Gasteiger partial charge in [0.05, 0.1) is 21.7 Å². The molecule has 1 unspecified atom stereocenters. The highest BCUT2D eigenvalue weighted by Gasteiger charge is 2.38. The number of halogens is 2. The number of sulfonamides is 1. The number of nitrogens with two attached hydrogens (primary N) is 1. The van der Waals surface area contributed by atoms with Crippen molar-refractivity contribution in [2.75, 3.05) is 11.9 Å². The van der Waals surface area contributed by atoms with E-state index in [1.54, 1.807) is 24.3 Å². The van der Waals surface area contributed by atoms with Gasteiger partial charge in [-0.25, -0.2) is 27.4 Å². The average molecular weight is 675 g/mol. The molecule has 1 aromatic heterocycles. The minimum Gasteiger partial charge on any atom is -0.478 e. The van der Waals surface area contributed by atoms with Crippen LogP contribution in [0.4, 0.5) is 10.1 Å². The Hall–Kier alpha value is -5.44. The Morgan fingerprint density at radius 3 is 2.36 bits per heavy atom. The van der Waals surface area contributed by atoms with Gasteiger partial charge in [0.2, 0.25) is 10.0 Å². The summed E-state index contributed by atoms with van der Waals surface area (Å²) in [6.45, 7) is 0.0759. The monoisotopic (exact) mass is 674 g/mol. The van der Waals surface area contributed by atoms with E-state index in [-0.39, 0.29) is 33.4 Å². The molecule has 2 amide bonds. The van der Waals surface area contributed by atoms with Gasteiger partial charge in [0.1, 0.15) is 11.7 Å². The molecule has 0 saturated carbocycles. The summed E-state index contributed by atoms with van der Waals surface area (Å²) in [4.78, 5) is 40.5. The number of carboxylic acids is 1. The molecule has 1 atom stereocenters. The quantitative estimate of drug-likeness (QED) is 0.227. The number of amides is 2. The zero-order valence-electron chi connectivity index (χ0n) is 24.2. The molecule has 1 aliphatic rings. The van der Waals surface area contributed by atoms with Crippen molar-refractivity contribution in [3.8, 4) is 16.8 Å². The number of primary sulfonamides is 1. The third kappa shape index (κ3) is 6.21. The fourth-order valence-electron chi connectivity index (χ4n) is 5.47. The van der Waals surface area contributed by atoms with Crippen LogP contribution in [0.5, 0.6) is 0 Å². The van der Waals surface area contributed by atoms with Crippen LogP contribution in [0.1, 0.15) is 38.0 Å². The van der Waals surface area contributed by atoms with Crippen molar-refractivity contribution in [3.05, 3.63) is 124 Å². The predicted molar refractivity (Wildman–Crippen MR) is 169 cm³/mol. The lowest BCUT2D eigenvalue weighted by Crippen LogP contribution is -2.45. The van der Waals surface area contributed by atoms with E-state index in [0.717, 1.165) is 15.8 Å². The van der Waals surface area contributed by atoms with Crippen LogP contribution < -0.4 is 10.5 Å². The fourth-order valence-corrected chi connectivity index (χ4v) is 6.15. The summed E-state index contributed by atoms with van der Waals surface area (Å²) in [6.07, 6.45) is 1.57. The molecule has 0 saturated heterocycles. The third-order valence-electron chi connectivity index (χ3n) is 7.71. The SMILES string of the molecule is NS(=O)(=O)c1ccc(-c2cccc3c2CCN(C(=O)c2cn(-c4cccc(Cl)c4F)nn2)C3C(=O)Nc2ccc(C(=O)O)cc2)cc1. The molecule has 0 fully saturated rings. The number of nitrogens with one attached hydrogen (secondary N) is 1. The Morgan fingerprint density at radius 2 is 1.68 bits per heavy atom. The number of nitrogens with zero attached hydrogens (tertiary/aromatic N) is 4. The van der Waals surface area contributed by atoms with E-state index in [0.29, 0.717) is 23.2 Å². The Labute approximate surface area is 272 Å². The summed E-state index contributed by atoms with van der Waals surface area (Å²) in [5.74, 6) is -3.11. The number of hydrogen-bond donors (Lipinski definition) is 3. The highest BCUT2D eigenvalue weighted by Crippen LogP contribution is 2.38. The number of benzene rings is 4. The first-order valence-corrected chi connectivity index (χ1v) is 15.9. The topological polar surface area (TPSA) is 178 Å². The molecule has 4 aromatic carbocycles. The van der Waals surface area contributed by atoms with Crippen LogP contribution >= 0.6 is 11.6 Å². The zero-order valence-corrected chi connectivity index (χ0v) is 25.7. The molecule has 0 bridgehead atoms. The molecule has 0 spiro atoms. The highest BCUT2D eigenvalue weighted by molar-refractivity contribution is 7.89. The molecule has 12 nitrogen and oxygen atoms in total. The van der Waals surface area contributed by atoms with Gasteiger partial charge in [-0.1, -0.05) is 53.2 Å². The Morgan fingerprint density at radius 1 is 0.979 bits per heavy atom. The van der Waals surface area contributed by atoms with E-state index in [1.165, 1.54) is 65.7 Å². The summed E-state index contributed by atoms with van der Waals surface area (Å²) in [6, 6.07) is 19.9. The van der Waals surface area contributed by atoms with E-state index in [4.69, 9.17) is 16.7 Å². The highest BCUT2D eigenvalue weighted by atomic mass is 35.5. The van der Waals surface area contributed by atoms with Gasteiger partial charge >= 0.3 is 5.97 Å². The van der Waals surface area contributed by atoms with E-state index < -0.39 is 39.7 Å². The minimum absolute atomic E-state index is 0.0229. The van der Waals surface area contributed by atoms with Gasteiger partial charge in [-0.15, -0.1) is 5.10 Å². The molecule has 0 aliphatic carbocycles. The van der Waals surface area contributed by atoms with Gasteiger partial charge in [0.15, 0.2) is 11.5 Å². The molecule has 2 heterocycles. The summed E-state index contributed by atoms with van der Waals surface area (Å²) in [5.41, 5.74) is 2.81. The Kier molecular flexibility index (Phi) is 8.32. The summed E-state index contributed by atoms with van der Waals surface area (Å²) in [5, 5.41) is 25.0. The van der Waals surface area contributed by atoms with Crippen LogP contribution in [0.2, 0.25) is 5.02 Å². The van der Waals surface area contributed by atoms with E-state index in [9.17, 15) is 32.3 Å². The first-order chi connectivity index (χ1) is 22.4. The van der Waals surface area contributed by atoms with Crippen LogP contribution in [0.25, 0.3) is 16.8 Å². The van der Waals surface area contributed by atoms with Crippen LogP contribution in [-0.4, -0.2) is 57.7 Å². The van der Waals surface area contributed by atoms with Crippen molar-refractivity contribution < 1.29 is 32.3 Å². The van der Waals surface area contributed by atoms with Crippen molar-refractivity contribution in [3.63, 3.8) is 0 Å². The average Bonchev–Trinajstić information content (AvgIpc) is 3.55. The van der Waals surface area contributed by atoms with Gasteiger partial charge in [-0.2, -0.15) is 0 Å². The van der Waals surface area contributed by atoms with Crippen LogP contribution in [0.3, 0.4) is 0 Å². The lowest BCUT2D eigenvalue weighted by Gasteiger charge is -2.37. The number of aromatic nitrogens is 3. The molecular formula is C32H24ClFN6O6S. The molecule has 5 aromatic rings. The van der Waals surface area contributed by atoms with E-state index in [1.807, 2.05) is 6.07 Å². The smallest absolute Gasteiger partial charge is 0.335 e. The van der Waals surface area contributed by atoms with Crippen molar-refractivity contribution >= 4 is 45.1 Å². The number of aromatic carboxylic acids is 1. The number of carbonyl (C=O) groups excluding carboxylic acids is 2. The Balaban J connectivity index is 1.39. The molecule has 238 valence electrons. The largest absolute Gasteiger partial charge is 0.478 e. The Bertz CT molecular complexity index is 2160. The lowest BCUT2D eigenvalue weighted by atomic mass is 9.86. The van der Waals surface area contributed by atoms with Gasteiger partial charge in [0, 0.05) is 12.2 Å². The number of anilines is 1. The van der Waals surface area contributed by atoms with Crippen LogP contribution in [-0.2, 0) is 21.2 Å². The lowest BCUT2D eigenvalue weighted by molar-refractivity contribution is -0.121. The van der Waals surface area contributed by atoms with E-state index >= 15 is 0 Å². The predicted octanol–water partition coefficient (Wildman–Crippen LogP) is 4.45. The molecule has 0 radical (unpaired) electrons. The zero-order chi connectivity index (χ0) is 33.5. The maximum absolute atomic E-state index is 14.7. The molecular weight excluding hydrogens is 651 g/mol. The molecule has 1 aliphatic heterocycles. The van der Waals surface area contributed by atoms with Gasteiger partial charge in [0.25, 0.3) is 11.8 Å². The van der Waals surface area contributed by atoms with Crippen LogP contribution in [0.15, 0.2) is 96.0 Å². The summed E-state index contributed by atoms with van der Waals surface area (Å²) >= 11 is 5.91. The number of carbonyl (C=O) groups is 3. The maximum Gasteiger partial charge on any atom is 0.335 e. The molecule has 15 heteroatoms. The fraction of sp³-hybridized carbons (Fsp3) is 0.0938. The standard InChI is InChI=1S/C32H24ClFN6O6S/c33-25-5-2-6-27(28(25)34)40-17-26(37-38-40)31(42)39-16-15-23-22(18-9-13-21(14-10-18)47(35,45)46)3-1-4-24(23)29(39)30(41)36-20-11-7-19(8-12-20)32(43)44/h1-14,17,29H,15-16H2,(H,36,41)(H,43,44)(H2,35,45,46). The minimum atomic E-state index is -3.91. The summed E-state index contributed by atoms with van der Waals surface area (Å²) in [7, 11) is -3.91. The second-order valence-corrected chi connectivity index (χ2v) is 12.6.